The van der Waals surface area contributed by atoms with Gasteiger partial charge in [0.05, 0.1) is 17.6 Å². The van der Waals surface area contributed by atoms with Crippen molar-refractivity contribution in [1.82, 2.24) is 14.8 Å². The highest BCUT2D eigenvalue weighted by atomic mass is 79.9. The summed E-state index contributed by atoms with van der Waals surface area (Å²) in [5.74, 6) is 0.401. The van der Waals surface area contributed by atoms with Gasteiger partial charge in [0.25, 0.3) is 5.91 Å². The molecule has 1 unspecified atom stereocenters. The number of nitrogens with zero attached hydrogens (tertiary/aromatic N) is 3. The van der Waals surface area contributed by atoms with Crippen LogP contribution in [-0.2, 0) is 11.8 Å². The molecule has 1 aromatic carbocycles. The number of ether oxygens (including phenoxy) is 1. The monoisotopic (exact) mass is 388 g/mol. The van der Waals surface area contributed by atoms with Gasteiger partial charge in [0.2, 0.25) is 0 Å². The van der Waals surface area contributed by atoms with E-state index in [4.69, 9.17) is 4.74 Å². The number of nitrogens with one attached hydrogen (secondary N) is 1. The van der Waals surface area contributed by atoms with Crippen LogP contribution in [0, 0.1) is 6.92 Å². The number of aromatic nitrogens is 3. The molecule has 1 N–H and O–H groups in total. The van der Waals surface area contributed by atoms with Crippen LogP contribution in [0.4, 0.5) is 5.69 Å². The number of rotatable bonds is 4. The minimum Gasteiger partial charge on any atom is -0.481 e. The van der Waals surface area contributed by atoms with Gasteiger partial charge in [-0.15, -0.1) is 0 Å². The number of pyridine rings is 1. The number of hydrogen-bond donors (Lipinski definition) is 1. The normalized spacial score (nSPS) is 12.2. The molecule has 6 nitrogen and oxygen atoms in total. The Balaban J connectivity index is 1.71. The van der Waals surface area contributed by atoms with Gasteiger partial charge in [0.15, 0.2) is 11.8 Å². The Morgan fingerprint density at radius 1 is 1.33 bits per heavy atom. The molecule has 3 aromatic rings. The molecule has 2 aromatic heterocycles. The lowest BCUT2D eigenvalue weighted by Crippen LogP contribution is -2.30. The lowest BCUT2D eigenvalue weighted by atomic mass is 10.2. The lowest BCUT2D eigenvalue weighted by molar-refractivity contribution is -0.122. The van der Waals surface area contributed by atoms with E-state index in [0.29, 0.717) is 11.4 Å². The molecular weight excluding hydrogens is 372 g/mol. The summed E-state index contributed by atoms with van der Waals surface area (Å²) in [7, 11) is 1.84. The minimum absolute atomic E-state index is 0.236. The fourth-order valence-corrected chi connectivity index (χ4v) is 2.66. The molecule has 0 aliphatic carbocycles. The van der Waals surface area contributed by atoms with E-state index in [1.165, 1.54) is 0 Å². The van der Waals surface area contributed by atoms with Crippen molar-refractivity contribution in [1.29, 1.82) is 0 Å². The number of halogens is 1. The van der Waals surface area contributed by atoms with Crippen LogP contribution in [-0.4, -0.2) is 26.8 Å². The molecule has 0 spiro atoms. The third-order valence-corrected chi connectivity index (χ3v) is 4.15. The largest absolute Gasteiger partial charge is 0.481 e. The number of hydrogen-bond acceptors (Lipinski definition) is 4. The summed E-state index contributed by atoms with van der Waals surface area (Å²) >= 11 is 3.36. The van der Waals surface area contributed by atoms with Gasteiger partial charge in [-0.25, -0.2) is 4.98 Å². The lowest BCUT2D eigenvalue weighted by Gasteiger charge is -2.14. The smallest absolute Gasteiger partial charge is 0.265 e. The molecule has 0 radical (unpaired) electrons. The second-order valence-electron chi connectivity index (χ2n) is 5.51. The molecule has 0 saturated heterocycles. The van der Waals surface area contributed by atoms with Crippen molar-refractivity contribution in [2.75, 3.05) is 5.32 Å². The number of fused-ring (bicyclic) bond motifs is 1. The van der Waals surface area contributed by atoms with Gasteiger partial charge < -0.3 is 10.1 Å². The van der Waals surface area contributed by atoms with E-state index in [1.807, 2.05) is 32.2 Å². The number of carbonyl (C=O) groups is 1. The van der Waals surface area contributed by atoms with Crippen LogP contribution in [0.5, 0.6) is 5.75 Å². The molecule has 124 valence electrons. The number of anilines is 1. The molecule has 2 heterocycles. The Morgan fingerprint density at radius 3 is 2.75 bits per heavy atom. The third kappa shape index (κ3) is 3.41. The Kier molecular flexibility index (Phi) is 4.53. The summed E-state index contributed by atoms with van der Waals surface area (Å²) in [6.07, 6.45) is 0.991. The summed E-state index contributed by atoms with van der Waals surface area (Å²) < 4.78 is 8.32. The summed E-state index contributed by atoms with van der Waals surface area (Å²) in [4.78, 5) is 16.7. The summed E-state index contributed by atoms with van der Waals surface area (Å²) in [5, 5.41) is 8.06. The maximum Gasteiger partial charge on any atom is 0.265 e. The van der Waals surface area contributed by atoms with Gasteiger partial charge in [-0.3, -0.25) is 9.48 Å². The average molecular weight is 389 g/mol. The Morgan fingerprint density at radius 2 is 2.04 bits per heavy atom. The number of benzene rings is 1. The molecule has 0 fully saturated rings. The van der Waals surface area contributed by atoms with Gasteiger partial charge in [0, 0.05) is 16.9 Å². The standard InChI is InChI=1S/C17H17BrN4O2/c1-10-15-8-13(9-19-16(15)22(3)21-10)20-17(23)11(2)24-14-6-4-12(18)5-7-14/h4-9,11H,1-3H3,(H,20,23). The van der Waals surface area contributed by atoms with Gasteiger partial charge in [0.1, 0.15) is 5.75 Å². The molecule has 24 heavy (non-hydrogen) atoms. The van der Waals surface area contributed by atoms with Crippen LogP contribution in [0.25, 0.3) is 11.0 Å². The topological polar surface area (TPSA) is 69.0 Å². The van der Waals surface area contributed by atoms with E-state index >= 15 is 0 Å². The minimum atomic E-state index is -0.628. The van der Waals surface area contributed by atoms with Gasteiger partial charge in [-0.1, -0.05) is 15.9 Å². The zero-order chi connectivity index (χ0) is 17.3. The predicted molar refractivity (Wildman–Crippen MR) is 96.1 cm³/mol. The van der Waals surface area contributed by atoms with Gasteiger partial charge >= 0.3 is 0 Å². The van der Waals surface area contributed by atoms with E-state index in [1.54, 1.807) is 29.9 Å². The average Bonchev–Trinajstić information content (AvgIpc) is 2.84. The third-order valence-electron chi connectivity index (χ3n) is 3.63. The van der Waals surface area contributed by atoms with E-state index < -0.39 is 6.10 Å². The quantitative estimate of drug-likeness (QED) is 0.742. The first-order valence-electron chi connectivity index (χ1n) is 7.46. The zero-order valence-corrected chi connectivity index (χ0v) is 15.2. The van der Waals surface area contributed by atoms with Crippen LogP contribution < -0.4 is 10.1 Å². The van der Waals surface area contributed by atoms with E-state index in [0.717, 1.165) is 21.2 Å². The van der Waals surface area contributed by atoms with Crippen molar-refractivity contribution < 1.29 is 9.53 Å². The predicted octanol–water partition coefficient (Wildman–Crippen LogP) is 3.45. The molecule has 0 saturated carbocycles. The molecule has 0 bridgehead atoms. The number of amides is 1. The first-order chi connectivity index (χ1) is 11.4. The highest BCUT2D eigenvalue weighted by Crippen LogP contribution is 2.20. The fourth-order valence-electron chi connectivity index (χ4n) is 2.39. The van der Waals surface area contributed by atoms with Crippen molar-refractivity contribution in [3.63, 3.8) is 0 Å². The Hall–Kier alpha value is -2.41. The number of carbonyl (C=O) groups excluding carboxylic acids is 1. The molecule has 0 aliphatic heterocycles. The van der Waals surface area contributed by atoms with Gasteiger partial charge in [-0.2, -0.15) is 5.10 Å². The zero-order valence-electron chi connectivity index (χ0n) is 13.6. The maximum atomic E-state index is 12.3. The van der Waals surface area contributed by atoms with Crippen LogP contribution in [0.1, 0.15) is 12.6 Å². The van der Waals surface area contributed by atoms with E-state index in [9.17, 15) is 4.79 Å². The molecule has 3 rings (SSSR count). The molecule has 1 atom stereocenters. The van der Waals surface area contributed by atoms with Crippen LogP contribution in [0.15, 0.2) is 41.0 Å². The summed E-state index contributed by atoms with van der Waals surface area (Å²) in [5.41, 5.74) is 2.27. The van der Waals surface area contributed by atoms with Crippen molar-refractivity contribution in [2.24, 2.45) is 7.05 Å². The summed E-state index contributed by atoms with van der Waals surface area (Å²) in [6.45, 7) is 3.62. The maximum absolute atomic E-state index is 12.3. The molecule has 1 amide bonds. The van der Waals surface area contributed by atoms with Crippen molar-refractivity contribution in [3.8, 4) is 5.75 Å². The second-order valence-corrected chi connectivity index (χ2v) is 6.42. The van der Waals surface area contributed by atoms with Crippen molar-refractivity contribution >= 4 is 38.6 Å². The van der Waals surface area contributed by atoms with Gasteiger partial charge in [-0.05, 0) is 44.2 Å². The SMILES string of the molecule is Cc1nn(C)c2ncc(NC(=O)C(C)Oc3ccc(Br)cc3)cc12. The Bertz CT molecular complexity index is 889. The van der Waals surface area contributed by atoms with E-state index in [2.05, 4.69) is 31.3 Å². The first-order valence-corrected chi connectivity index (χ1v) is 8.26. The Labute approximate surface area is 148 Å². The second kappa shape index (κ2) is 6.60. The molecule has 0 aliphatic rings. The fraction of sp³-hybridized carbons (Fsp3) is 0.235. The van der Waals surface area contributed by atoms with Crippen LogP contribution >= 0.6 is 15.9 Å². The molecular formula is C17H17BrN4O2. The van der Waals surface area contributed by atoms with E-state index in [-0.39, 0.29) is 5.91 Å². The first kappa shape index (κ1) is 16.4. The summed E-state index contributed by atoms with van der Waals surface area (Å²) in [6, 6.07) is 9.21. The highest BCUT2D eigenvalue weighted by Gasteiger charge is 2.16. The van der Waals surface area contributed by atoms with Crippen LogP contribution in [0.2, 0.25) is 0 Å². The van der Waals surface area contributed by atoms with Crippen LogP contribution in [0.3, 0.4) is 0 Å². The highest BCUT2D eigenvalue weighted by molar-refractivity contribution is 9.10. The van der Waals surface area contributed by atoms with Crippen molar-refractivity contribution in [3.05, 3.63) is 46.7 Å². The molecule has 7 heteroatoms. The van der Waals surface area contributed by atoms with Crippen molar-refractivity contribution in [2.45, 2.75) is 20.0 Å². The number of aryl methyl sites for hydroxylation is 2.